The average Bonchev–Trinajstić information content (AvgIpc) is 3.03. The number of rotatable bonds is 1. The first-order valence-corrected chi connectivity index (χ1v) is 8.74. The zero-order valence-corrected chi connectivity index (χ0v) is 14.0. The Bertz CT molecular complexity index is 408. The first-order valence-electron chi connectivity index (χ1n) is 8.74. The second-order valence-corrected chi connectivity index (χ2v) is 7.81. The lowest BCUT2D eigenvalue weighted by Crippen LogP contribution is -2.44. The number of hydrogen-bond acceptors (Lipinski definition) is 2. The number of likely N-dealkylation sites (tertiary alicyclic amines) is 1. The highest BCUT2D eigenvalue weighted by Gasteiger charge is 2.60. The van der Waals surface area contributed by atoms with Gasteiger partial charge in [-0.3, -0.25) is 4.79 Å². The molecule has 4 unspecified atom stereocenters. The van der Waals surface area contributed by atoms with E-state index in [2.05, 4.69) is 17.1 Å². The molecule has 2 aliphatic carbocycles. The van der Waals surface area contributed by atoms with E-state index in [1.807, 2.05) is 0 Å². The van der Waals surface area contributed by atoms with Crippen LogP contribution in [-0.2, 0) is 4.79 Å². The van der Waals surface area contributed by atoms with Crippen molar-refractivity contribution in [2.45, 2.75) is 70.4 Å². The minimum atomic E-state index is 0. The summed E-state index contributed by atoms with van der Waals surface area (Å²) >= 11 is 0. The van der Waals surface area contributed by atoms with Crippen molar-refractivity contribution in [3.05, 3.63) is 0 Å². The lowest BCUT2D eigenvalue weighted by molar-refractivity contribution is -0.137. The van der Waals surface area contributed by atoms with E-state index >= 15 is 0 Å². The molecule has 21 heavy (non-hydrogen) atoms. The molecular weight excluding hydrogens is 284 g/mol. The molecule has 0 radical (unpaired) electrons. The Kier molecular flexibility index (Phi) is 4.26. The van der Waals surface area contributed by atoms with Crippen LogP contribution in [-0.4, -0.2) is 36.0 Å². The Labute approximate surface area is 134 Å². The zero-order valence-electron chi connectivity index (χ0n) is 13.1. The van der Waals surface area contributed by atoms with Gasteiger partial charge in [-0.25, -0.2) is 0 Å². The number of carbonyl (C=O) groups excluding carboxylic acids is 1. The second kappa shape index (κ2) is 5.73. The monoisotopic (exact) mass is 312 g/mol. The van der Waals surface area contributed by atoms with Crippen LogP contribution in [0.2, 0.25) is 0 Å². The normalized spacial score (nSPS) is 40.5. The summed E-state index contributed by atoms with van der Waals surface area (Å²) in [6, 6.07) is 1.08. The Hall–Kier alpha value is -0.280. The smallest absolute Gasteiger partial charge is 0.226 e. The number of fused-ring (bicyclic) bond motifs is 1. The second-order valence-electron chi connectivity index (χ2n) is 7.81. The fraction of sp³-hybridized carbons (Fsp3) is 0.941. The fourth-order valence-corrected chi connectivity index (χ4v) is 5.44. The standard InChI is InChI=1S/C17H28N2O.ClH/c1-12-10-13-4-2-3-5-15(13)19(12)16(20)14-11-17(14)6-8-18-9-7-17;/h12-15,18H,2-11H2,1H3;1H. The van der Waals surface area contributed by atoms with E-state index < -0.39 is 0 Å². The summed E-state index contributed by atoms with van der Waals surface area (Å²) in [5.74, 6) is 1.70. The van der Waals surface area contributed by atoms with Crippen molar-refractivity contribution >= 4 is 18.3 Å². The molecule has 2 saturated carbocycles. The number of halogens is 1. The van der Waals surface area contributed by atoms with Crippen LogP contribution in [0.5, 0.6) is 0 Å². The van der Waals surface area contributed by atoms with Crippen LogP contribution in [0.1, 0.15) is 58.3 Å². The highest BCUT2D eigenvalue weighted by atomic mass is 35.5. The van der Waals surface area contributed by atoms with Crippen molar-refractivity contribution in [3.63, 3.8) is 0 Å². The summed E-state index contributed by atoms with van der Waals surface area (Å²) in [6.45, 7) is 4.52. The van der Waals surface area contributed by atoms with E-state index in [1.54, 1.807) is 0 Å². The summed E-state index contributed by atoms with van der Waals surface area (Å²) in [5.41, 5.74) is 0.398. The summed E-state index contributed by atoms with van der Waals surface area (Å²) in [7, 11) is 0. The van der Waals surface area contributed by atoms with Crippen LogP contribution in [0.3, 0.4) is 0 Å². The van der Waals surface area contributed by atoms with E-state index in [-0.39, 0.29) is 12.4 Å². The molecule has 2 aliphatic heterocycles. The van der Waals surface area contributed by atoms with Gasteiger partial charge in [-0.05, 0) is 69.9 Å². The van der Waals surface area contributed by atoms with Gasteiger partial charge in [0.1, 0.15) is 0 Å². The van der Waals surface area contributed by atoms with Gasteiger partial charge in [0.2, 0.25) is 5.91 Å². The molecule has 1 spiro atoms. The molecule has 1 amide bonds. The van der Waals surface area contributed by atoms with E-state index in [1.165, 1.54) is 51.4 Å². The van der Waals surface area contributed by atoms with Crippen molar-refractivity contribution < 1.29 is 4.79 Å². The molecule has 0 aromatic heterocycles. The minimum Gasteiger partial charge on any atom is -0.336 e. The van der Waals surface area contributed by atoms with Crippen LogP contribution in [0.15, 0.2) is 0 Å². The topological polar surface area (TPSA) is 32.3 Å². The number of nitrogens with one attached hydrogen (secondary N) is 1. The van der Waals surface area contributed by atoms with Crippen molar-refractivity contribution in [2.75, 3.05) is 13.1 Å². The SMILES string of the molecule is CC1CC2CCCCC2N1C(=O)C1CC12CCNCC2.Cl. The summed E-state index contributed by atoms with van der Waals surface area (Å²) in [4.78, 5) is 15.4. The third-order valence-electron chi connectivity index (χ3n) is 6.69. The van der Waals surface area contributed by atoms with Crippen molar-refractivity contribution in [3.8, 4) is 0 Å². The molecule has 4 aliphatic rings. The van der Waals surface area contributed by atoms with E-state index in [4.69, 9.17) is 0 Å². The van der Waals surface area contributed by atoms with Crippen molar-refractivity contribution in [1.29, 1.82) is 0 Å². The molecule has 3 nitrogen and oxygen atoms in total. The molecule has 4 atom stereocenters. The molecule has 0 bridgehead atoms. The largest absolute Gasteiger partial charge is 0.336 e. The van der Waals surface area contributed by atoms with Gasteiger partial charge in [0.15, 0.2) is 0 Å². The van der Waals surface area contributed by atoms with Crippen LogP contribution in [0, 0.1) is 17.3 Å². The van der Waals surface area contributed by atoms with Gasteiger partial charge in [0, 0.05) is 18.0 Å². The van der Waals surface area contributed by atoms with Crippen molar-refractivity contribution in [2.24, 2.45) is 17.3 Å². The third-order valence-corrected chi connectivity index (χ3v) is 6.69. The molecule has 1 N–H and O–H groups in total. The minimum absolute atomic E-state index is 0. The molecule has 0 aromatic rings. The van der Waals surface area contributed by atoms with Gasteiger partial charge < -0.3 is 10.2 Å². The Morgan fingerprint density at radius 3 is 2.67 bits per heavy atom. The lowest BCUT2D eigenvalue weighted by atomic mass is 9.84. The lowest BCUT2D eigenvalue weighted by Gasteiger charge is -2.34. The predicted octanol–water partition coefficient (Wildman–Crippen LogP) is 2.98. The van der Waals surface area contributed by atoms with Crippen molar-refractivity contribution in [1.82, 2.24) is 10.2 Å². The highest BCUT2D eigenvalue weighted by Crippen LogP contribution is 2.60. The van der Waals surface area contributed by atoms with Crippen LogP contribution < -0.4 is 5.32 Å². The van der Waals surface area contributed by atoms with Crippen LogP contribution >= 0.6 is 12.4 Å². The molecule has 120 valence electrons. The quantitative estimate of drug-likeness (QED) is 0.807. The van der Waals surface area contributed by atoms with Gasteiger partial charge in [0.05, 0.1) is 0 Å². The summed E-state index contributed by atoms with van der Waals surface area (Å²) < 4.78 is 0. The van der Waals surface area contributed by atoms with Gasteiger partial charge in [-0.1, -0.05) is 12.8 Å². The number of hydrogen-bond donors (Lipinski definition) is 1. The number of nitrogens with zero attached hydrogens (tertiary/aromatic N) is 1. The van der Waals surface area contributed by atoms with E-state index in [0.29, 0.717) is 29.3 Å². The molecular formula is C17H29ClN2O. The van der Waals surface area contributed by atoms with Gasteiger partial charge in [-0.2, -0.15) is 0 Å². The number of piperidine rings is 1. The van der Waals surface area contributed by atoms with E-state index in [9.17, 15) is 4.79 Å². The fourth-order valence-electron chi connectivity index (χ4n) is 5.44. The maximum atomic E-state index is 13.1. The molecule has 0 aromatic carbocycles. The maximum absolute atomic E-state index is 13.1. The Morgan fingerprint density at radius 1 is 1.19 bits per heavy atom. The Balaban J connectivity index is 0.00000132. The highest BCUT2D eigenvalue weighted by molar-refractivity contribution is 5.85. The maximum Gasteiger partial charge on any atom is 0.226 e. The summed E-state index contributed by atoms with van der Waals surface area (Å²) in [6.07, 6.45) is 10.2. The average molecular weight is 313 g/mol. The van der Waals surface area contributed by atoms with Gasteiger partial charge in [0.25, 0.3) is 0 Å². The summed E-state index contributed by atoms with van der Waals surface area (Å²) in [5, 5.41) is 3.44. The molecule has 2 saturated heterocycles. The van der Waals surface area contributed by atoms with Gasteiger partial charge in [-0.15, -0.1) is 12.4 Å². The molecule has 4 fully saturated rings. The first kappa shape index (κ1) is 15.6. The van der Waals surface area contributed by atoms with Gasteiger partial charge >= 0.3 is 0 Å². The van der Waals surface area contributed by atoms with Crippen LogP contribution in [0.25, 0.3) is 0 Å². The first-order chi connectivity index (χ1) is 9.71. The number of carbonyl (C=O) groups is 1. The zero-order chi connectivity index (χ0) is 13.7. The molecule has 4 rings (SSSR count). The molecule has 4 heteroatoms. The van der Waals surface area contributed by atoms with E-state index in [0.717, 1.165) is 19.0 Å². The Morgan fingerprint density at radius 2 is 1.90 bits per heavy atom. The molecule has 2 heterocycles. The number of amides is 1. The predicted molar refractivity (Wildman–Crippen MR) is 86.6 cm³/mol. The third kappa shape index (κ3) is 2.50. The van der Waals surface area contributed by atoms with Crippen LogP contribution in [0.4, 0.5) is 0 Å².